The van der Waals surface area contributed by atoms with E-state index >= 15 is 0 Å². The van der Waals surface area contributed by atoms with Crippen molar-refractivity contribution in [2.45, 2.75) is 58.1 Å². The molecule has 4 aromatic heterocycles. The molecule has 2 aromatic carbocycles. The number of nitrogens with one attached hydrogen (secondary N) is 2. The van der Waals surface area contributed by atoms with E-state index in [0.717, 1.165) is 56.8 Å². The molecule has 6 heterocycles. The number of esters is 1. The van der Waals surface area contributed by atoms with Crippen molar-refractivity contribution in [3.8, 4) is 23.4 Å². The zero-order valence-electron chi connectivity index (χ0n) is 55.8. The molecule has 4 N–H and O–H groups in total. The summed E-state index contributed by atoms with van der Waals surface area (Å²) in [5.41, 5.74) is 2.73. The number of benzene rings is 2. The lowest BCUT2D eigenvalue weighted by molar-refractivity contribution is -0.136. The monoisotopic (exact) mass is 1390 g/mol. The van der Waals surface area contributed by atoms with E-state index in [4.69, 9.17) is 42.6 Å². The molecule has 99 heavy (non-hydrogen) atoms. The number of piperazine rings is 1. The van der Waals surface area contributed by atoms with Gasteiger partial charge in [0.25, 0.3) is 17.6 Å². The number of likely N-dealkylation sites (tertiary alicyclic amines) is 1. The first-order valence-corrected chi connectivity index (χ1v) is 33.1. The van der Waals surface area contributed by atoms with E-state index in [2.05, 4.69) is 56.3 Å². The van der Waals surface area contributed by atoms with Crippen molar-refractivity contribution in [1.82, 2.24) is 59.7 Å². The van der Waals surface area contributed by atoms with E-state index in [9.17, 15) is 47.8 Å². The number of H-pyrrole nitrogens is 1. The van der Waals surface area contributed by atoms with Crippen molar-refractivity contribution >= 4 is 40.0 Å². The number of Topliss-reactive ketones (excluding diaryl/α,β-unsaturated/α-hetero) is 1. The molecule has 0 unspecified atom stereocenters. The van der Waals surface area contributed by atoms with Gasteiger partial charge in [0.05, 0.1) is 180 Å². The number of hydrogen-bond donors (Lipinski definition) is 4. The van der Waals surface area contributed by atoms with Crippen LogP contribution in [0.3, 0.4) is 0 Å². The molecule has 0 saturated carbocycles. The number of amides is 2. The van der Waals surface area contributed by atoms with E-state index < -0.39 is 52.2 Å². The number of halogens is 3. The Bertz CT molecular complexity index is 3530. The number of aliphatic hydroxyl groups is 2. The highest BCUT2D eigenvalue weighted by Gasteiger charge is 2.32. The van der Waals surface area contributed by atoms with Gasteiger partial charge in [-0.15, -0.1) is 10.2 Å². The number of carbonyl (C=O) groups excluding carboxylic acids is 4. The van der Waals surface area contributed by atoms with Crippen LogP contribution in [0.2, 0.25) is 0 Å². The van der Waals surface area contributed by atoms with Crippen LogP contribution in [-0.4, -0.2) is 267 Å². The van der Waals surface area contributed by atoms with Gasteiger partial charge in [0.1, 0.15) is 23.6 Å². The first-order chi connectivity index (χ1) is 48.3. The fourth-order valence-corrected chi connectivity index (χ4v) is 11.1. The van der Waals surface area contributed by atoms with E-state index in [1.54, 1.807) is 10.9 Å². The minimum Gasteiger partial charge on any atom is -0.494 e. The number of aromatic nitrogens is 8. The van der Waals surface area contributed by atoms with Crippen LogP contribution in [0.1, 0.15) is 77.2 Å². The SMILES string of the molecule is COc1cnc(-n2cnc(C(=O)NCCCC(CO)(CO)CCCN3CCN(CCOCCOCCOCCOCc4cn(CCOCCOCCOCCOCCC(=O)Oc5c(F)cc(F)cc5F)nn4)CC3)n2)c2[nH]cc(C(=O)C(=O)N3CCC(=C(C#N)c4ccccc4)CC3)c12. The number of rotatable bonds is 46. The largest absolute Gasteiger partial charge is 0.494 e. The number of aromatic amines is 1. The molecule has 2 amide bonds. The van der Waals surface area contributed by atoms with Crippen LogP contribution in [0, 0.1) is 34.2 Å². The number of carbonyl (C=O) groups is 4. The molecule has 6 aromatic rings. The molecule has 538 valence electrons. The number of hydrogen-bond acceptors (Lipinski definition) is 24. The van der Waals surface area contributed by atoms with Crippen molar-refractivity contribution < 1.29 is 89.9 Å². The second-order valence-electron chi connectivity index (χ2n) is 23.4. The number of pyridine rings is 1. The first kappa shape index (κ1) is 76.6. The van der Waals surface area contributed by atoms with Crippen molar-refractivity contribution in [2.24, 2.45) is 5.41 Å². The van der Waals surface area contributed by atoms with E-state index in [1.807, 2.05) is 30.3 Å². The van der Waals surface area contributed by atoms with Gasteiger partial charge < -0.3 is 77.7 Å². The third-order valence-corrected chi connectivity index (χ3v) is 16.6. The molecular weight excluding hydrogens is 1300 g/mol. The molecule has 0 bridgehead atoms. The summed E-state index contributed by atoms with van der Waals surface area (Å²) in [6, 6.07) is 12.5. The Morgan fingerprint density at radius 1 is 0.717 bits per heavy atom. The predicted octanol–water partition coefficient (Wildman–Crippen LogP) is 4.15. The van der Waals surface area contributed by atoms with E-state index in [0.29, 0.717) is 152 Å². The maximum Gasteiger partial charge on any atom is 0.313 e. The summed E-state index contributed by atoms with van der Waals surface area (Å²) in [4.78, 5) is 70.6. The average Bonchev–Trinajstić information content (AvgIpc) is 1.63. The molecule has 2 aliphatic rings. The summed E-state index contributed by atoms with van der Waals surface area (Å²) < 4.78 is 97.9. The molecular formula is C67H88F3N13O16. The van der Waals surface area contributed by atoms with Crippen molar-refractivity contribution in [3.05, 3.63) is 113 Å². The topological polar surface area (TPSA) is 337 Å². The summed E-state index contributed by atoms with van der Waals surface area (Å²) in [5.74, 6) is -7.25. The van der Waals surface area contributed by atoms with Crippen LogP contribution in [0.15, 0.2) is 73.0 Å². The lowest BCUT2D eigenvalue weighted by Crippen LogP contribution is -2.47. The van der Waals surface area contributed by atoms with Crippen LogP contribution >= 0.6 is 0 Å². The van der Waals surface area contributed by atoms with Crippen molar-refractivity contribution in [3.63, 3.8) is 0 Å². The predicted molar refractivity (Wildman–Crippen MR) is 349 cm³/mol. The minimum atomic E-state index is -1.31. The Balaban J connectivity index is 0.587. The molecule has 32 heteroatoms. The zero-order valence-corrected chi connectivity index (χ0v) is 55.8. The van der Waals surface area contributed by atoms with Crippen LogP contribution < -0.4 is 14.8 Å². The lowest BCUT2D eigenvalue weighted by Gasteiger charge is -2.36. The van der Waals surface area contributed by atoms with Gasteiger partial charge in [-0.1, -0.05) is 35.5 Å². The summed E-state index contributed by atoms with van der Waals surface area (Å²) in [5, 5.41) is 46.6. The Morgan fingerprint density at radius 2 is 1.30 bits per heavy atom. The summed E-state index contributed by atoms with van der Waals surface area (Å²) in [6.45, 7) is 11.8. The van der Waals surface area contributed by atoms with Gasteiger partial charge >= 0.3 is 5.97 Å². The Kier molecular flexibility index (Phi) is 32.0. The van der Waals surface area contributed by atoms with Crippen molar-refractivity contribution in [1.29, 1.82) is 5.26 Å². The Labute approximate surface area is 571 Å². The number of fused-ring (bicyclic) bond motifs is 1. The summed E-state index contributed by atoms with van der Waals surface area (Å²) >= 11 is 0. The lowest BCUT2D eigenvalue weighted by atomic mass is 9.80. The van der Waals surface area contributed by atoms with E-state index in [1.165, 1.54) is 35.4 Å². The number of ketones is 1. The number of nitrogens with zero attached hydrogens (tertiary/aromatic N) is 11. The molecule has 0 spiro atoms. The fraction of sp³-hybridized carbons (Fsp3) is 0.552. The van der Waals surface area contributed by atoms with Crippen LogP contribution in [-0.2, 0) is 60.6 Å². The minimum absolute atomic E-state index is 0.0568. The fourth-order valence-electron chi connectivity index (χ4n) is 11.1. The van der Waals surface area contributed by atoms with Crippen LogP contribution in [0.5, 0.6) is 11.5 Å². The molecule has 2 aliphatic heterocycles. The van der Waals surface area contributed by atoms with Gasteiger partial charge in [-0.2, -0.15) is 9.94 Å². The van der Waals surface area contributed by atoms with Gasteiger partial charge in [-0.25, -0.2) is 27.8 Å². The molecule has 2 saturated heterocycles. The molecule has 0 aliphatic carbocycles. The van der Waals surface area contributed by atoms with Gasteiger partial charge in [-0.05, 0) is 56.2 Å². The Morgan fingerprint density at radius 3 is 1.92 bits per heavy atom. The van der Waals surface area contributed by atoms with E-state index in [-0.39, 0.29) is 88.7 Å². The third-order valence-electron chi connectivity index (χ3n) is 16.6. The number of aliphatic hydroxyl groups excluding tert-OH is 2. The number of allylic oxidation sites excluding steroid dienone is 1. The average molecular weight is 1390 g/mol. The van der Waals surface area contributed by atoms with Gasteiger partial charge in [0.2, 0.25) is 11.6 Å². The van der Waals surface area contributed by atoms with Crippen LogP contribution in [0.25, 0.3) is 22.3 Å². The number of piperidine rings is 1. The second-order valence-corrected chi connectivity index (χ2v) is 23.4. The first-order valence-electron chi connectivity index (χ1n) is 33.1. The highest BCUT2D eigenvalue weighted by atomic mass is 19.1. The summed E-state index contributed by atoms with van der Waals surface area (Å²) in [6.07, 6.45) is 8.98. The molecule has 0 atom stereocenters. The number of nitriles is 1. The van der Waals surface area contributed by atoms with Crippen molar-refractivity contribution in [2.75, 3.05) is 178 Å². The van der Waals surface area contributed by atoms with Gasteiger partial charge in [-0.3, -0.25) is 24.1 Å². The molecule has 0 radical (unpaired) electrons. The quantitative estimate of drug-likeness (QED) is 0.0104. The molecule has 8 rings (SSSR count). The van der Waals surface area contributed by atoms with Gasteiger partial charge in [0, 0.05) is 76.1 Å². The van der Waals surface area contributed by atoms with Crippen LogP contribution in [0.4, 0.5) is 13.2 Å². The highest BCUT2D eigenvalue weighted by molar-refractivity contribution is 6.45. The highest BCUT2D eigenvalue weighted by Crippen LogP contribution is 2.34. The maximum atomic E-state index is 13.8. The molecule has 29 nitrogen and oxygen atoms in total. The van der Waals surface area contributed by atoms with Gasteiger partial charge in [0.15, 0.2) is 17.5 Å². The number of methoxy groups -OCH3 is 1. The molecule has 2 fully saturated rings. The summed E-state index contributed by atoms with van der Waals surface area (Å²) in [7, 11) is 1.43. The third kappa shape index (κ3) is 24.0. The Hall–Kier alpha value is -8.17. The zero-order chi connectivity index (χ0) is 70.0. The normalized spacial score (nSPS) is 13.9. The maximum absolute atomic E-state index is 13.8. The second kappa shape index (κ2) is 41.4. The standard InChI is InChI=1S/C67H88F3N13O16/c1-90-57-43-74-64(60-59(57)54(42-73-60)61(87)66(89)81-16-9-50(10-17-81)53(41-71)49-7-3-2-4-8-49)83-48-75-63(77-83)65(88)72-14-5-12-67(46-84,47-85)13-6-15-79-18-20-80(21-19-79)22-25-92-28-31-95-35-36-97-37-38-98-45-52-44-82(78-76-52)23-26-93-29-32-96-34-33-94-30-27-91-24-11-58(86)99-62-55(69)39-51(68)40-56(62)70/h2-4,7-8,39-40,42-44,48,73,84-85H,5-6,9-38,45-47H2,1H3,(H,72,88). The smallest absolute Gasteiger partial charge is 0.313 e. The number of ether oxygens (including phenoxy) is 10.